The molecular weight excluding hydrogens is 376 g/mol. The van der Waals surface area contributed by atoms with E-state index in [1.807, 2.05) is 29.4 Å². The first-order chi connectivity index (χ1) is 14.7. The molecule has 4 heterocycles. The lowest BCUT2D eigenvalue weighted by Gasteiger charge is -2.35. The highest BCUT2D eigenvalue weighted by atomic mass is 16.5. The molecule has 0 aliphatic carbocycles. The number of piperidine rings is 1. The fraction of sp³-hybridized carbons (Fsp3) is 0.500. The predicted octanol–water partition coefficient (Wildman–Crippen LogP) is 3.97. The molecule has 158 valence electrons. The molecule has 2 aliphatic rings. The molecule has 1 N–H and O–H groups in total. The van der Waals surface area contributed by atoms with Gasteiger partial charge in [0.25, 0.3) is 0 Å². The maximum atomic E-state index is 13.0. The first kappa shape index (κ1) is 19.4. The molecular formula is C24H30N4O2. The molecule has 0 radical (unpaired) electrons. The minimum Gasteiger partial charge on any atom is -0.381 e. The van der Waals surface area contributed by atoms with Gasteiger partial charge in [-0.3, -0.25) is 4.79 Å². The molecule has 1 aromatic carbocycles. The van der Waals surface area contributed by atoms with Crippen molar-refractivity contribution in [1.29, 1.82) is 0 Å². The van der Waals surface area contributed by atoms with Crippen molar-refractivity contribution in [3.8, 4) is 0 Å². The Morgan fingerprint density at radius 3 is 2.73 bits per heavy atom. The molecule has 2 fully saturated rings. The standard InChI is InChI=1S/C24H30N4O2/c1-17-15-26-24(18-8-12-30-13-9-18)28(17)20-6-10-27(11-7-20)23(29)14-19-16-25-22-5-3-2-4-21(19)22/h2-5,15-16,18,20,25H,6-14H2,1H3. The van der Waals surface area contributed by atoms with Crippen LogP contribution in [-0.2, 0) is 16.0 Å². The van der Waals surface area contributed by atoms with E-state index in [4.69, 9.17) is 9.72 Å². The summed E-state index contributed by atoms with van der Waals surface area (Å²) in [6.07, 6.45) is 8.55. The maximum Gasteiger partial charge on any atom is 0.227 e. The van der Waals surface area contributed by atoms with Crippen molar-refractivity contribution >= 4 is 16.8 Å². The Morgan fingerprint density at radius 1 is 1.17 bits per heavy atom. The van der Waals surface area contributed by atoms with E-state index in [-0.39, 0.29) is 5.91 Å². The maximum absolute atomic E-state index is 13.0. The number of hydrogen-bond donors (Lipinski definition) is 1. The number of imidazole rings is 1. The Morgan fingerprint density at radius 2 is 1.93 bits per heavy atom. The van der Waals surface area contributed by atoms with Crippen LogP contribution < -0.4 is 0 Å². The molecule has 0 unspecified atom stereocenters. The molecule has 6 heteroatoms. The van der Waals surface area contributed by atoms with Gasteiger partial charge in [0.15, 0.2) is 0 Å². The van der Waals surface area contributed by atoms with Crippen LogP contribution in [0.15, 0.2) is 36.7 Å². The number of aryl methyl sites for hydroxylation is 1. The van der Waals surface area contributed by atoms with Gasteiger partial charge in [0.2, 0.25) is 5.91 Å². The van der Waals surface area contributed by atoms with Gasteiger partial charge >= 0.3 is 0 Å². The Balaban J connectivity index is 1.24. The predicted molar refractivity (Wildman–Crippen MR) is 117 cm³/mol. The second-order valence-corrected chi connectivity index (χ2v) is 8.66. The summed E-state index contributed by atoms with van der Waals surface area (Å²) in [6, 6.07) is 8.61. The number of carbonyl (C=O) groups excluding carboxylic acids is 1. The first-order valence-corrected chi connectivity index (χ1v) is 11.1. The lowest BCUT2D eigenvalue weighted by atomic mass is 9.97. The molecule has 2 aliphatic heterocycles. The van der Waals surface area contributed by atoms with E-state index in [1.165, 1.54) is 11.5 Å². The minimum absolute atomic E-state index is 0.227. The van der Waals surface area contributed by atoms with Crippen LogP contribution in [0.25, 0.3) is 10.9 Å². The summed E-state index contributed by atoms with van der Waals surface area (Å²) in [4.78, 5) is 23.0. The average molecular weight is 407 g/mol. The van der Waals surface area contributed by atoms with Gasteiger partial charge in [-0.25, -0.2) is 4.98 Å². The number of likely N-dealkylation sites (tertiary alicyclic amines) is 1. The van der Waals surface area contributed by atoms with Gasteiger partial charge in [-0.15, -0.1) is 0 Å². The van der Waals surface area contributed by atoms with Gasteiger partial charge in [-0.2, -0.15) is 0 Å². The van der Waals surface area contributed by atoms with Crippen molar-refractivity contribution in [1.82, 2.24) is 19.4 Å². The fourth-order valence-corrected chi connectivity index (χ4v) is 5.12. The van der Waals surface area contributed by atoms with Crippen LogP contribution in [0.1, 0.15) is 54.7 Å². The van der Waals surface area contributed by atoms with E-state index in [9.17, 15) is 4.79 Å². The third kappa shape index (κ3) is 3.65. The highest BCUT2D eigenvalue weighted by molar-refractivity contribution is 5.88. The molecule has 30 heavy (non-hydrogen) atoms. The van der Waals surface area contributed by atoms with Crippen molar-refractivity contribution < 1.29 is 9.53 Å². The largest absolute Gasteiger partial charge is 0.381 e. The number of aromatic amines is 1. The third-order valence-corrected chi connectivity index (χ3v) is 6.80. The van der Waals surface area contributed by atoms with E-state index in [2.05, 4.69) is 28.6 Å². The van der Waals surface area contributed by atoms with Gasteiger partial charge in [0.1, 0.15) is 5.82 Å². The topological polar surface area (TPSA) is 63.1 Å². The number of nitrogens with one attached hydrogen (secondary N) is 1. The number of aromatic nitrogens is 3. The lowest BCUT2D eigenvalue weighted by molar-refractivity contribution is -0.131. The van der Waals surface area contributed by atoms with E-state index in [0.29, 0.717) is 18.4 Å². The van der Waals surface area contributed by atoms with Crippen LogP contribution in [0.2, 0.25) is 0 Å². The zero-order chi connectivity index (χ0) is 20.5. The zero-order valence-electron chi connectivity index (χ0n) is 17.6. The molecule has 0 atom stereocenters. The Kier molecular flexibility index (Phi) is 5.34. The van der Waals surface area contributed by atoms with Crippen molar-refractivity contribution in [2.75, 3.05) is 26.3 Å². The van der Waals surface area contributed by atoms with E-state index < -0.39 is 0 Å². The molecule has 0 spiro atoms. The number of benzene rings is 1. The molecule has 2 aromatic heterocycles. The third-order valence-electron chi connectivity index (χ3n) is 6.80. The molecule has 3 aromatic rings. The number of hydrogen-bond acceptors (Lipinski definition) is 3. The van der Waals surface area contributed by atoms with Gasteiger partial charge in [0, 0.05) is 67.3 Å². The Labute approximate surface area is 177 Å². The minimum atomic E-state index is 0.227. The molecule has 6 nitrogen and oxygen atoms in total. The number of carbonyl (C=O) groups is 1. The molecule has 2 saturated heterocycles. The smallest absolute Gasteiger partial charge is 0.227 e. The molecule has 5 rings (SSSR count). The highest BCUT2D eigenvalue weighted by Crippen LogP contribution is 2.33. The Bertz CT molecular complexity index is 1020. The summed E-state index contributed by atoms with van der Waals surface area (Å²) >= 11 is 0. The normalized spacial score (nSPS) is 18.9. The van der Waals surface area contributed by atoms with Crippen molar-refractivity contribution in [3.05, 3.63) is 53.7 Å². The van der Waals surface area contributed by atoms with E-state index >= 15 is 0 Å². The number of para-hydroxylation sites is 1. The van der Waals surface area contributed by atoms with Crippen LogP contribution in [0.3, 0.4) is 0 Å². The van der Waals surface area contributed by atoms with Crippen LogP contribution in [0.5, 0.6) is 0 Å². The van der Waals surface area contributed by atoms with Gasteiger partial charge in [0.05, 0.1) is 6.42 Å². The molecule has 1 amide bonds. The lowest BCUT2D eigenvalue weighted by Crippen LogP contribution is -2.40. The van der Waals surface area contributed by atoms with Crippen molar-refractivity contribution in [2.45, 2.75) is 51.0 Å². The number of rotatable bonds is 4. The second-order valence-electron chi connectivity index (χ2n) is 8.66. The van der Waals surface area contributed by atoms with E-state index in [1.54, 1.807) is 0 Å². The average Bonchev–Trinajstić information content (AvgIpc) is 3.38. The quantitative estimate of drug-likeness (QED) is 0.713. The summed E-state index contributed by atoms with van der Waals surface area (Å²) in [6.45, 7) is 5.45. The second kappa shape index (κ2) is 8.26. The van der Waals surface area contributed by atoms with Crippen molar-refractivity contribution in [3.63, 3.8) is 0 Å². The summed E-state index contributed by atoms with van der Waals surface area (Å²) in [7, 11) is 0. The Hall–Kier alpha value is -2.60. The van der Waals surface area contributed by atoms with Crippen LogP contribution in [0.4, 0.5) is 0 Å². The summed E-state index contributed by atoms with van der Waals surface area (Å²) in [5.41, 5.74) is 3.42. The molecule has 0 saturated carbocycles. The molecule has 0 bridgehead atoms. The summed E-state index contributed by atoms with van der Waals surface area (Å²) in [5.74, 6) is 1.94. The zero-order valence-corrected chi connectivity index (χ0v) is 17.6. The number of nitrogens with zero attached hydrogens (tertiary/aromatic N) is 3. The van der Waals surface area contributed by atoms with Crippen LogP contribution in [-0.4, -0.2) is 51.6 Å². The van der Waals surface area contributed by atoms with E-state index in [0.717, 1.165) is 68.5 Å². The van der Waals surface area contributed by atoms with Gasteiger partial charge in [-0.1, -0.05) is 18.2 Å². The van der Waals surface area contributed by atoms with Crippen LogP contribution >= 0.6 is 0 Å². The SMILES string of the molecule is Cc1cnc(C2CCOCC2)n1C1CCN(C(=O)Cc2c[nH]c3ccccc23)CC1. The summed E-state index contributed by atoms with van der Waals surface area (Å²) < 4.78 is 8.00. The number of H-pyrrole nitrogens is 1. The number of fused-ring (bicyclic) bond motifs is 1. The fourth-order valence-electron chi connectivity index (χ4n) is 5.12. The number of amides is 1. The summed E-state index contributed by atoms with van der Waals surface area (Å²) in [5, 5.41) is 1.15. The number of ether oxygens (including phenoxy) is 1. The van der Waals surface area contributed by atoms with Gasteiger partial charge in [-0.05, 0) is 44.2 Å². The monoisotopic (exact) mass is 406 g/mol. The highest BCUT2D eigenvalue weighted by Gasteiger charge is 2.29. The van der Waals surface area contributed by atoms with Crippen molar-refractivity contribution in [2.24, 2.45) is 0 Å². The van der Waals surface area contributed by atoms with Crippen LogP contribution in [0, 0.1) is 6.92 Å². The first-order valence-electron chi connectivity index (χ1n) is 11.1. The van der Waals surface area contributed by atoms with Gasteiger partial charge < -0.3 is 19.2 Å².